The van der Waals surface area contributed by atoms with Gasteiger partial charge in [-0.15, -0.1) is 0 Å². The zero-order chi connectivity index (χ0) is 16.7. The van der Waals surface area contributed by atoms with Crippen molar-refractivity contribution >= 4 is 23.5 Å². The van der Waals surface area contributed by atoms with Crippen LogP contribution in [0.3, 0.4) is 0 Å². The molecule has 0 aliphatic heterocycles. The molecule has 0 heterocycles. The molecule has 0 spiro atoms. The molecule has 0 radical (unpaired) electrons. The fraction of sp³-hybridized carbons (Fsp3) is 0.556. The van der Waals surface area contributed by atoms with E-state index in [-0.39, 0.29) is 11.7 Å². The van der Waals surface area contributed by atoms with Crippen LogP contribution >= 0.6 is 11.6 Å². The fourth-order valence-electron chi connectivity index (χ4n) is 3.13. The lowest BCUT2D eigenvalue weighted by Crippen LogP contribution is -2.37. The number of carbonyl (C=O) groups is 2. The molecule has 5 heteroatoms. The molecule has 126 valence electrons. The minimum atomic E-state index is -0.493. The summed E-state index contributed by atoms with van der Waals surface area (Å²) >= 11 is 6.09. The van der Waals surface area contributed by atoms with Gasteiger partial charge in [0.05, 0.1) is 12.6 Å². The summed E-state index contributed by atoms with van der Waals surface area (Å²) in [6.07, 6.45) is 5.02. The van der Waals surface area contributed by atoms with Gasteiger partial charge in [0.25, 0.3) is 0 Å². The molecule has 0 aromatic heterocycles. The Bertz CT molecular complexity index is 547. The number of Topliss-reactive ketones (excluding diaryl/α,β-unsaturated/α-hetero) is 1. The third-order valence-corrected chi connectivity index (χ3v) is 4.50. The van der Waals surface area contributed by atoms with Crippen molar-refractivity contribution in [3.05, 3.63) is 34.9 Å². The van der Waals surface area contributed by atoms with Crippen LogP contribution in [0.2, 0.25) is 5.02 Å². The highest BCUT2D eigenvalue weighted by molar-refractivity contribution is 6.30. The lowest BCUT2D eigenvalue weighted by molar-refractivity contribution is -0.124. The first-order chi connectivity index (χ1) is 11.1. The maximum Gasteiger partial charge on any atom is 0.407 e. The molecule has 4 nitrogen and oxygen atoms in total. The number of carbonyl (C=O) groups excluding carboxylic acids is 2. The predicted octanol–water partition coefficient (Wildman–Crippen LogP) is 4.67. The smallest absolute Gasteiger partial charge is 0.407 e. The van der Waals surface area contributed by atoms with E-state index >= 15 is 0 Å². The normalized spacial score (nSPS) is 20.3. The van der Waals surface area contributed by atoms with Gasteiger partial charge >= 0.3 is 6.09 Å². The molecule has 1 fully saturated rings. The summed E-state index contributed by atoms with van der Waals surface area (Å²) in [6.45, 7) is 2.06. The van der Waals surface area contributed by atoms with Gasteiger partial charge in [-0.3, -0.25) is 4.79 Å². The summed E-state index contributed by atoms with van der Waals surface area (Å²) in [5.74, 6) is -0.00959. The minimum absolute atomic E-state index is 0.214. The topological polar surface area (TPSA) is 55.4 Å². The molecule has 1 saturated carbocycles. The largest absolute Gasteiger partial charge is 0.450 e. The number of alkyl carbamates (subject to hydrolysis) is 1. The molecular formula is C18H24ClNO3. The number of halogens is 1. The van der Waals surface area contributed by atoms with E-state index in [9.17, 15) is 9.59 Å². The van der Waals surface area contributed by atoms with E-state index < -0.39 is 12.1 Å². The molecular weight excluding hydrogens is 314 g/mol. The van der Waals surface area contributed by atoms with E-state index in [2.05, 4.69) is 5.32 Å². The van der Waals surface area contributed by atoms with Crippen molar-refractivity contribution in [3.63, 3.8) is 0 Å². The lowest BCUT2D eigenvalue weighted by atomic mass is 9.82. The molecule has 1 aromatic carbocycles. The maximum atomic E-state index is 12.6. The Morgan fingerprint density at radius 3 is 2.87 bits per heavy atom. The number of hydrogen-bond donors (Lipinski definition) is 1. The van der Waals surface area contributed by atoms with Crippen molar-refractivity contribution in [2.45, 2.75) is 51.5 Å². The Morgan fingerprint density at radius 1 is 1.35 bits per heavy atom. The van der Waals surface area contributed by atoms with E-state index in [1.165, 1.54) is 0 Å². The summed E-state index contributed by atoms with van der Waals surface area (Å²) in [5.41, 5.74) is 0.851. The van der Waals surface area contributed by atoms with Gasteiger partial charge < -0.3 is 10.1 Å². The molecule has 1 aliphatic rings. The van der Waals surface area contributed by atoms with Crippen LogP contribution in [0.5, 0.6) is 0 Å². The third-order valence-electron chi connectivity index (χ3n) is 4.26. The van der Waals surface area contributed by atoms with Crippen molar-refractivity contribution in [3.8, 4) is 0 Å². The van der Waals surface area contributed by atoms with Crippen LogP contribution in [0.15, 0.2) is 24.3 Å². The Labute approximate surface area is 142 Å². The van der Waals surface area contributed by atoms with Crippen molar-refractivity contribution in [1.82, 2.24) is 5.32 Å². The first kappa shape index (κ1) is 17.8. The summed E-state index contributed by atoms with van der Waals surface area (Å²) in [7, 11) is 0. The number of hydrogen-bond acceptors (Lipinski definition) is 3. The molecule has 1 N–H and O–H groups in total. The van der Waals surface area contributed by atoms with Crippen LogP contribution in [0.25, 0.3) is 0 Å². The molecule has 2 atom stereocenters. The van der Waals surface area contributed by atoms with Crippen LogP contribution in [0.4, 0.5) is 4.79 Å². The van der Waals surface area contributed by atoms with Gasteiger partial charge in [-0.2, -0.15) is 0 Å². The van der Waals surface area contributed by atoms with Gasteiger partial charge in [0.1, 0.15) is 5.78 Å². The Hall–Kier alpha value is -1.55. The van der Waals surface area contributed by atoms with Crippen molar-refractivity contribution < 1.29 is 14.3 Å². The number of ether oxygens (including phenoxy) is 1. The predicted molar refractivity (Wildman–Crippen MR) is 90.5 cm³/mol. The monoisotopic (exact) mass is 337 g/mol. The quantitative estimate of drug-likeness (QED) is 0.868. The molecule has 1 aromatic rings. The number of rotatable bonds is 4. The molecule has 23 heavy (non-hydrogen) atoms. The Kier molecular flexibility index (Phi) is 6.90. The van der Waals surface area contributed by atoms with Crippen LogP contribution in [-0.4, -0.2) is 18.5 Å². The second-order valence-electron chi connectivity index (χ2n) is 5.92. The van der Waals surface area contributed by atoms with Gasteiger partial charge in [0.2, 0.25) is 0 Å². The first-order valence-corrected chi connectivity index (χ1v) is 8.71. The minimum Gasteiger partial charge on any atom is -0.450 e. The summed E-state index contributed by atoms with van der Waals surface area (Å²) in [6, 6.07) is 6.94. The van der Waals surface area contributed by atoms with Crippen LogP contribution in [0.1, 0.15) is 57.1 Å². The number of ketones is 1. The molecule has 0 unspecified atom stereocenters. The number of benzene rings is 1. The highest BCUT2D eigenvalue weighted by Gasteiger charge is 2.31. The van der Waals surface area contributed by atoms with E-state index in [0.717, 1.165) is 37.7 Å². The van der Waals surface area contributed by atoms with Gasteiger partial charge in [0.15, 0.2) is 0 Å². The van der Waals surface area contributed by atoms with E-state index in [4.69, 9.17) is 16.3 Å². The van der Waals surface area contributed by atoms with Gasteiger partial charge in [-0.25, -0.2) is 4.79 Å². The van der Waals surface area contributed by atoms with Crippen LogP contribution < -0.4 is 5.32 Å². The van der Waals surface area contributed by atoms with Gasteiger partial charge in [0, 0.05) is 17.4 Å². The molecule has 1 amide bonds. The second kappa shape index (κ2) is 8.92. The zero-order valence-corrected chi connectivity index (χ0v) is 14.3. The maximum absolute atomic E-state index is 12.6. The zero-order valence-electron chi connectivity index (χ0n) is 13.5. The van der Waals surface area contributed by atoms with Crippen molar-refractivity contribution in [2.75, 3.05) is 6.61 Å². The Morgan fingerprint density at radius 2 is 2.13 bits per heavy atom. The molecule has 2 rings (SSSR count). The highest BCUT2D eigenvalue weighted by atomic mass is 35.5. The summed E-state index contributed by atoms with van der Waals surface area (Å²) < 4.78 is 5.01. The standard InChI is InChI=1S/C18H24ClNO3/c1-2-23-18(22)20-17(13-8-7-9-14(19)12-13)15-10-5-3-4-6-11-16(15)21/h7-9,12,15,17H,2-6,10-11H2,1H3,(H,20,22)/t15-,17+/m1/s1. The lowest BCUT2D eigenvalue weighted by Gasteiger charge is -2.28. The van der Waals surface area contributed by atoms with Crippen LogP contribution in [0, 0.1) is 5.92 Å². The average Bonchev–Trinajstić information content (AvgIpc) is 2.50. The van der Waals surface area contributed by atoms with Crippen molar-refractivity contribution in [2.24, 2.45) is 5.92 Å². The third kappa shape index (κ3) is 5.24. The van der Waals surface area contributed by atoms with Gasteiger partial charge in [-0.05, 0) is 37.5 Å². The Balaban J connectivity index is 2.26. The highest BCUT2D eigenvalue weighted by Crippen LogP contribution is 2.32. The van der Waals surface area contributed by atoms with Crippen LogP contribution in [-0.2, 0) is 9.53 Å². The van der Waals surface area contributed by atoms with E-state index in [1.807, 2.05) is 18.2 Å². The first-order valence-electron chi connectivity index (χ1n) is 8.33. The SMILES string of the molecule is CCOC(=O)N[C@@H](c1cccc(Cl)c1)[C@@H]1CCCCCCC1=O. The molecule has 0 saturated heterocycles. The number of amides is 1. The second-order valence-corrected chi connectivity index (χ2v) is 6.36. The summed E-state index contributed by atoms with van der Waals surface area (Å²) in [4.78, 5) is 24.5. The number of nitrogens with one attached hydrogen (secondary N) is 1. The van der Waals surface area contributed by atoms with E-state index in [1.54, 1.807) is 13.0 Å². The van der Waals surface area contributed by atoms with Crippen molar-refractivity contribution in [1.29, 1.82) is 0 Å². The molecule has 1 aliphatic carbocycles. The summed E-state index contributed by atoms with van der Waals surface area (Å²) in [5, 5.41) is 3.46. The molecule has 0 bridgehead atoms. The fourth-order valence-corrected chi connectivity index (χ4v) is 3.33. The van der Waals surface area contributed by atoms with Gasteiger partial charge in [-0.1, -0.05) is 43.0 Å². The van der Waals surface area contributed by atoms with E-state index in [0.29, 0.717) is 18.1 Å². The average molecular weight is 338 g/mol.